The maximum Gasteiger partial charge on any atom is 0.180 e. The highest BCUT2D eigenvalue weighted by Crippen LogP contribution is 2.37. The minimum Gasteiger partial charge on any atom is -0.376 e. The van der Waals surface area contributed by atoms with Gasteiger partial charge in [0.2, 0.25) is 0 Å². The Morgan fingerprint density at radius 2 is 2.08 bits per heavy atom. The third kappa shape index (κ3) is 2.78. The molecular formula is C21H26N4O. The van der Waals surface area contributed by atoms with Gasteiger partial charge in [0, 0.05) is 30.6 Å². The van der Waals surface area contributed by atoms with Crippen molar-refractivity contribution in [3.63, 3.8) is 0 Å². The molecular weight excluding hydrogens is 324 g/mol. The molecule has 3 aliphatic rings. The Bertz CT molecular complexity index is 822. The number of nitrogens with zero attached hydrogens (tertiary/aromatic N) is 4. The summed E-state index contributed by atoms with van der Waals surface area (Å²) in [4.78, 5) is 17.1. The summed E-state index contributed by atoms with van der Waals surface area (Å²) in [6.07, 6.45) is 10.3. The highest BCUT2D eigenvalue weighted by molar-refractivity contribution is 5.60. The molecule has 5 heteroatoms. The summed E-state index contributed by atoms with van der Waals surface area (Å²) in [6, 6.07) is 4.58. The fourth-order valence-corrected chi connectivity index (χ4v) is 4.78. The van der Waals surface area contributed by atoms with E-state index < -0.39 is 0 Å². The van der Waals surface area contributed by atoms with Gasteiger partial charge in [-0.1, -0.05) is 0 Å². The van der Waals surface area contributed by atoms with Gasteiger partial charge in [-0.15, -0.1) is 0 Å². The average molecular weight is 350 g/mol. The molecule has 2 aromatic heterocycles. The highest BCUT2D eigenvalue weighted by Gasteiger charge is 2.37. The van der Waals surface area contributed by atoms with Crippen LogP contribution in [0.15, 0.2) is 18.3 Å². The predicted octanol–water partition coefficient (Wildman–Crippen LogP) is 3.48. The first-order chi connectivity index (χ1) is 12.8. The van der Waals surface area contributed by atoms with Crippen molar-refractivity contribution < 1.29 is 4.74 Å². The number of aromatic nitrogens is 3. The Morgan fingerprint density at radius 3 is 3.00 bits per heavy atom. The third-order valence-electron chi connectivity index (χ3n) is 6.02. The van der Waals surface area contributed by atoms with E-state index in [0.29, 0.717) is 12.1 Å². The summed E-state index contributed by atoms with van der Waals surface area (Å²) >= 11 is 0. The van der Waals surface area contributed by atoms with Crippen LogP contribution in [0.1, 0.15) is 48.9 Å². The van der Waals surface area contributed by atoms with Crippen molar-refractivity contribution >= 4 is 5.82 Å². The zero-order chi connectivity index (χ0) is 17.5. The standard InChI is InChI=1S/C21H26N4O/c1-14-9-10-22-17(13-14)20-23-16-6-2-5-15(16)21(24-20)25-11-4-12-26-19-8-3-7-18(19)25/h9-10,13,18-19H,2-8,11-12H2,1H3. The minimum absolute atomic E-state index is 0.366. The molecule has 2 fully saturated rings. The normalized spacial score (nSPS) is 25.0. The second-order valence-electron chi connectivity index (χ2n) is 7.82. The minimum atomic E-state index is 0.366. The molecule has 136 valence electrons. The molecule has 3 heterocycles. The molecule has 2 aliphatic carbocycles. The maximum atomic E-state index is 6.13. The molecule has 26 heavy (non-hydrogen) atoms. The smallest absolute Gasteiger partial charge is 0.180 e. The number of anilines is 1. The van der Waals surface area contributed by atoms with Crippen LogP contribution in [0.5, 0.6) is 0 Å². The van der Waals surface area contributed by atoms with Crippen LogP contribution in [0.4, 0.5) is 5.82 Å². The van der Waals surface area contributed by atoms with Crippen molar-refractivity contribution in [2.24, 2.45) is 0 Å². The van der Waals surface area contributed by atoms with Crippen LogP contribution in [-0.4, -0.2) is 40.2 Å². The fourth-order valence-electron chi connectivity index (χ4n) is 4.78. The molecule has 0 spiro atoms. The van der Waals surface area contributed by atoms with Crippen molar-refractivity contribution in [2.45, 2.75) is 64.0 Å². The monoisotopic (exact) mass is 350 g/mol. The van der Waals surface area contributed by atoms with Crippen molar-refractivity contribution in [2.75, 3.05) is 18.1 Å². The Hall–Kier alpha value is -2.01. The second-order valence-corrected chi connectivity index (χ2v) is 7.82. The van der Waals surface area contributed by atoms with Crippen LogP contribution in [0, 0.1) is 6.92 Å². The fraction of sp³-hybridized carbons (Fsp3) is 0.571. The van der Waals surface area contributed by atoms with Crippen LogP contribution in [0.25, 0.3) is 11.5 Å². The average Bonchev–Trinajstić information content (AvgIpc) is 3.27. The largest absolute Gasteiger partial charge is 0.376 e. The lowest BCUT2D eigenvalue weighted by atomic mass is 10.1. The molecule has 5 nitrogen and oxygen atoms in total. The molecule has 2 unspecified atom stereocenters. The highest BCUT2D eigenvalue weighted by atomic mass is 16.5. The van der Waals surface area contributed by atoms with Gasteiger partial charge in [0.05, 0.1) is 12.1 Å². The van der Waals surface area contributed by atoms with Crippen LogP contribution in [0.2, 0.25) is 0 Å². The molecule has 0 aromatic carbocycles. The lowest BCUT2D eigenvalue weighted by Gasteiger charge is -2.32. The number of aryl methyl sites for hydroxylation is 2. The second kappa shape index (κ2) is 6.62. The van der Waals surface area contributed by atoms with Gasteiger partial charge in [-0.05, 0) is 69.6 Å². The van der Waals surface area contributed by atoms with E-state index in [1.165, 1.54) is 42.5 Å². The van der Waals surface area contributed by atoms with Crippen molar-refractivity contribution in [3.8, 4) is 11.5 Å². The number of fused-ring (bicyclic) bond motifs is 2. The van der Waals surface area contributed by atoms with Crippen molar-refractivity contribution in [3.05, 3.63) is 35.2 Å². The Kier molecular flexibility index (Phi) is 4.12. The van der Waals surface area contributed by atoms with E-state index in [-0.39, 0.29) is 0 Å². The van der Waals surface area contributed by atoms with E-state index >= 15 is 0 Å². The van der Waals surface area contributed by atoms with Crippen molar-refractivity contribution in [1.82, 2.24) is 15.0 Å². The van der Waals surface area contributed by atoms with Gasteiger partial charge < -0.3 is 9.64 Å². The van der Waals surface area contributed by atoms with Crippen LogP contribution in [0.3, 0.4) is 0 Å². The van der Waals surface area contributed by atoms with E-state index in [4.69, 9.17) is 14.7 Å². The summed E-state index contributed by atoms with van der Waals surface area (Å²) < 4.78 is 6.13. The molecule has 0 bridgehead atoms. The molecule has 5 rings (SSSR count). The predicted molar refractivity (Wildman–Crippen MR) is 101 cm³/mol. The van der Waals surface area contributed by atoms with Crippen LogP contribution < -0.4 is 4.90 Å². The number of hydrogen-bond donors (Lipinski definition) is 0. The summed E-state index contributed by atoms with van der Waals surface area (Å²) in [6.45, 7) is 4.00. The molecule has 0 N–H and O–H groups in total. The molecule has 1 saturated carbocycles. The Labute approximate surface area is 154 Å². The molecule has 0 radical (unpaired) electrons. The first kappa shape index (κ1) is 16.2. The summed E-state index contributed by atoms with van der Waals surface area (Å²) in [5.41, 5.74) is 4.68. The third-order valence-corrected chi connectivity index (χ3v) is 6.02. The summed E-state index contributed by atoms with van der Waals surface area (Å²) in [7, 11) is 0. The lowest BCUT2D eigenvalue weighted by molar-refractivity contribution is 0.0590. The lowest BCUT2D eigenvalue weighted by Crippen LogP contribution is -2.41. The molecule has 0 amide bonds. The molecule has 2 atom stereocenters. The summed E-state index contributed by atoms with van der Waals surface area (Å²) in [5.74, 6) is 1.94. The Balaban J connectivity index is 1.61. The van der Waals surface area contributed by atoms with E-state index in [2.05, 4.69) is 22.9 Å². The molecule has 1 aliphatic heterocycles. The van der Waals surface area contributed by atoms with Gasteiger partial charge in [-0.2, -0.15) is 0 Å². The molecule has 1 saturated heterocycles. The summed E-state index contributed by atoms with van der Waals surface area (Å²) in [5, 5.41) is 0. The van der Waals surface area contributed by atoms with E-state index in [0.717, 1.165) is 49.8 Å². The molecule has 2 aromatic rings. The maximum absolute atomic E-state index is 6.13. The van der Waals surface area contributed by atoms with E-state index in [1.54, 1.807) is 0 Å². The number of pyridine rings is 1. The van der Waals surface area contributed by atoms with Gasteiger partial charge in [0.1, 0.15) is 11.5 Å². The van der Waals surface area contributed by atoms with Gasteiger partial charge >= 0.3 is 0 Å². The number of hydrogen-bond acceptors (Lipinski definition) is 5. The SMILES string of the molecule is Cc1ccnc(-c2nc3c(c(N4CCCOC5CCCC54)n2)CCC3)c1. The zero-order valence-electron chi connectivity index (χ0n) is 15.4. The van der Waals surface area contributed by atoms with Crippen LogP contribution >= 0.6 is 0 Å². The first-order valence-electron chi connectivity index (χ1n) is 10.0. The number of ether oxygens (including phenoxy) is 1. The van der Waals surface area contributed by atoms with E-state index in [9.17, 15) is 0 Å². The van der Waals surface area contributed by atoms with E-state index in [1.807, 2.05) is 12.3 Å². The van der Waals surface area contributed by atoms with Gasteiger partial charge in [-0.25, -0.2) is 9.97 Å². The van der Waals surface area contributed by atoms with Crippen molar-refractivity contribution in [1.29, 1.82) is 0 Å². The van der Waals surface area contributed by atoms with Gasteiger partial charge in [0.25, 0.3) is 0 Å². The van der Waals surface area contributed by atoms with Gasteiger partial charge in [0.15, 0.2) is 5.82 Å². The number of rotatable bonds is 2. The van der Waals surface area contributed by atoms with Crippen LogP contribution in [-0.2, 0) is 17.6 Å². The first-order valence-corrected chi connectivity index (χ1v) is 10.0. The Morgan fingerprint density at radius 1 is 1.12 bits per heavy atom. The zero-order valence-corrected chi connectivity index (χ0v) is 15.4. The van der Waals surface area contributed by atoms with Gasteiger partial charge in [-0.3, -0.25) is 4.98 Å². The quantitative estimate of drug-likeness (QED) is 0.830. The topological polar surface area (TPSA) is 51.1 Å².